The van der Waals surface area contributed by atoms with E-state index in [0.29, 0.717) is 10.0 Å². The molecular formula is C29H24Cl2O3. The summed E-state index contributed by atoms with van der Waals surface area (Å²) in [6.45, 7) is 1.91. The third kappa shape index (κ3) is 3.08. The number of halogens is 2. The normalized spacial score (nSPS) is 36.1. The SMILES string of the molecule is C[C@]12C=CC=C[C@@]13O[C@@H](C2=O)C1(O3)/C(=C/c2ccc(Cl)cc2)CCC/C1=C\c1ccc(Cl)cc1. The van der Waals surface area contributed by atoms with Crippen LogP contribution >= 0.6 is 23.2 Å². The van der Waals surface area contributed by atoms with Crippen molar-refractivity contribution in [3.63, 3.8) is 0 Å². The lowest BCUT2D eigenvalue weighted by atomic mass is 9.64. The van der Waals surface area contributed by atoms with Gasteiger partial charge in [-0.25, -0.2) is 0 Å². The van der Waals surface area contributed by atoms with Gasteiger partial charge in [-0.15, -0.1) is 0 Å². The molecule has 0 amide bonds. The van der Waals surface area contributed by atoms with Crippen molar-refractivity contribution in [1.29, 1.82) is 0 Å². The fraction of sp³-hybridized carbons (Fsp3) is 0.276. The predicted octanol–water partition coefficient (Wildman–Crippen LogP) is 7.21. The molecular weight excluding hydrogens is 467 g/mol. The highest BCUT2D eigenvalue weighted by Crippen LogP contribution is 2.64. The van der Waals surface area contributed by atoms with Crippen LogP contribution < -0.4 is 0 Å². The molecule has 2 aromatic carbocycles. The second-order valence-corrected chi connectivity index (χ2v) is 10.5. The Morgan fingerprint density at radius 3 is 1.94 bits per heavy atom. The maximum Gasteiger partial charge on any atom is 0.206 e. The first kappa shape index (κ1) is 22.1. The Morgan fingerprint density at radius 1 is 0.853 bits per heavy atom. The zero-order valence-corrected chi connectivity index (χ0v) is 20.3. The van der Waals surface area contributed by atoms with Gasteiger partial charge in [0.25, 0.3) is 0 Å². The molecule has 0 aromatic heterocycles. The third-order valence-electron chi connectivity index (χ3n) is 7.57. The number of allylic oxidation sites excluding steroid dienone is 2. The second-order valence-electron chi connectivity index (χ2n) is 9.58. The van der Waals surface area contributed by atoms with Gasteiger partial charge in [0.15, 0.2) is 11.9 Å². The Balaban J connectivity index is 1.54. The zero-order chi connectivity index (χ0) is 23.6. The number of fused-ring (bicyclic) bond motifs is 2. The number of hydrogen-bond acceptors (Lipinski definition) is 3. The summed E-state index contributed by atoms with van der Waals surface area (Å²) in [6.07, 6.45) is 13.8. The largest absolute Gasteiger partial charge is 0.330 e. The number of ether oxygens (including phenoxy) is 2. The highest BCUT2D eigenvalue weighted by Gasteiger charge is 2.76. The monoisotopic (exact) mass is 490 g/mol. The maximum absolute atomic E-state index is 13.9. The first-order chi connectivity index (χ1) is 16.4. The lowest BCUT2D eigenvalue weighted by Gasteiger charge is -2.48. The van der Waals surface area contributed by atoms with Crippen LogP contribution in [0.5, 0.6) is 0 Å². The van der Waals surface area contributed by atoms with Gasteiger partial charge in [0.05, 0.1) is 0 Å². The molecule has 1 saturated carbocycles. The van der Waals surface area contributed by atoms with Gasteiger partial charge in [0.1, 0.15) is 11.0 Å². The van der Waals surface area contributed by atoms with Gasteiger partial charge < -0.3 is 9.47 Å². The summed E-state index contributed by atoms with van der Waals surface area (Å²) in [7, 11) is 0. The first-order valence-corrected chi connectivity index (χ1v) is 12.3. The van der Waals surface area contributed by atoms with Gasteiger partial charge in [-0.05, 0) is 78.8 Å². The molecule has 6 rings (SSSR count). The molecule has 5 heteroatoms. The van der Waals surface area contributed by atoms with Crippen LogP contribution in [-0.2, 0) is 14.3 Å². The number of hydrogen-bond donors (Lipinski definition) is 0. The molecule has 2 aliphatic heterocycles. The van der Waals surface area contributed by atoms with Crippen molar-refractivity contribution < 1.29 is 14.3 Å². The molecule has 0 N–H and O–H groups in total. The Hall–Kier alpha value is -2.43. The van der Waals surface area contributed by atoms with Crippen LogP contribution in [0.2, 0.25) is 10.0 Å². The molecule has 2 saturated heterocycles. The van der Waals surface area contributed by atoms with E-state index in [-0.39, 0.29) is 5.78 Å². The van der Waals surface area contributed by atoms with E-state index in [0.717, 1.165) is 41.5 Å². The number of benzene rings is 2. The zero-order valence-electron chi connectivity index (χ0n) is 18.8. The summed E-state index contributed by atoms with van der Waals surface area (Å²) in [5.74, 6) is -1.05. The molecule has 2 bridgehead atoms. The summed E-state index contributed by atoms with van der Waals surface area (Å²) < 4.78 is 13.5. The van der Waals surface area contributed by atoms with Crippen LogP contribution in [0.3, 0.4) is 0 Å². The van der Waals surface area contributed by atoms with Crippen molar-refractivity contribution >= 4 is 41.1 Å². The molecule has 2 heterocycles. The van der Waals surface area contributed by atoms with Crippen molar-refractivity contribution in [2.24, 2.45) is 5.41 Å². The predicted molar refractivity (Wildman–Crippen MR) is 136 cm³/mol. The molecule has 3 fully saturated rings. The smallest absolute Gasteiger partial charge is 0.206 e. The average Bonchev–Trinajstić information content (AvgIpc) is 3.28. The van der Waals surface area contributed by atoms with Gasteiger partial charge in [-0.3, -0.25) is 4.79 Å². The Morgan fingerprint density at radius 2 is 1.38 bits per heavy atom. The van der Waals surface area contributed by atoms with Crippen LogP contribution in [0.1, 0.15) is 37.3 Å². The minimum absolute atomic E-state index is 0.0604. The van der Waals surface area contributed by atoms with Crippen molar-refractivity contribution in [2.75, 3.05) is 0 Å². The molecule has 2 spiro atoms. The van der Waals surface area contributed by atoms with Crippen LogP contribution in [-0.4, -0.2) is 23.3 Å². The number of rotatable bonds is 2. The maximum atomic E-state index is 13.9. The van der Waals surface area contributed by atoms with E-state index in [4.69, 9.17) is 32.7 Å². The number of Topliss-reactive ketones (excluding diaryl/α,β-unsaturated/α-hetero) is 1. The van der Waals surface area contributed by atoms with Gasteiger partial charge in [0.2, 0.25) is 5.79 Å². The molecule has 4 aliphatic rings. The van der Waals surface area contributed by atoms with Crippen LogP contribution in [0, 0.1) is 5.41 Å². The summed E-state index contributed by atoms with van der Waals surface area (Å²) in [4.78, 5) is 13.9. The minimum atomic E-state index is -1.11. The fourth-order valence-corrected chi connectivity index (χ4v) is 6.01. The number of ketones is 1. The van der Waals surface area contributed by atoms with Gasteiger partial charge in [-0.1, -0.05) is 77.8 Å². The van der Waals surface area contributed by atoms with E-state index < -0.39 is 22.9 Å². The molecule has 0 radical (unpaired) electrons. The highest BCUT2D eigenvalue weighted by atomic mass is 35.5. The summed E-state index contributed by atoms with van der Waals surface area (Å²) in [5, 5.41) is 1.37. The Labute approximate surface area is 209 Å². The lowest BCUT2D eigenvalue weighted by molar-refractivity contribution is -0.184. The lowest BCUT2D eigenvalue weighted by Crippen LogP contribution is -2.60. The van der Waals surface area contributed by atoms with Crippen molar-refractivity contribution in [3.8, 4) is 0 Å². The third-order valence-corrected chi connectivity index (χ3v) is 8.08. The molecule has 34 heavy (non-hydrogen) atoms. The Kier molecular flexibility index (Phi) is 5.06. The molecule has 172 valence electrons. The van der Waals surface area contributed by atoms with E-state index in [1.165, 1.54) is 0 Å². The minimum Gasteiger partial charge on any atom is -0.330 e. The first-order valence-electron chi connectivity index (χ1n) is 11.6. The van der Waals surface area contributed by atoms with Crippen LogP contribution in [0.15, 0.2) is 84.0 Å². The van der Waals surface area contributed by atoms with Crippen molar-refractivity contribution in [3.05, 3.63) is 105 Å². The standard InChI is InChI=1S/C29H24Cl2O3/c1-27-15-2-3-16-28(27)33-26(25(27)32)29(34-28)21(17-19-7-11-23(30)12-8-19)5-4-6-22(29)18-20-9-13-24(31)14-10-20/h2-3,7-18,26H,4-6H2,1H3/b21-17+,22-18+/t26-,27+,28-/m0/s1. The summed E-state index contributed by atoms with van der Waals surface area (Å²) in [5.41, 5.74) is 2.35. The molecule has 2 aromatic rings. The van der Waals surface area contributed by atoms with E-state index in [1.807, 2.05) is 79.8 Å². The van der Waals surface area contributed by atoms with Gasteiger partial charge >= 0.3 is 0 Å². The van der Waals surface area contributed by atoms with E-state index in [9.17, 15) is 4.79 Å². The number of carbonyl (C=O) groups excluding carboxylic acids is 1. The van der Waals surface area contributed by atoms with Crippen LogP contribution in [0.25, 0.3) is 12.2 Å². The van der Waals surface area contributed by atoms with Gasteiger partial charge in [-0.2, -0.15) is 0 Å². The molecule has 3 atom stereocenters. The highest BCUT2D eigenvalue weighted by molar-refractivity contribution is 6.30. The van der Waals surface area contributed by atoms with Crippen molar-refractivity contribution in [2.45, 2.75) is 43.7 Å². The van der Waals surface area contributed by atoms with E-state index in [1.54, 1.807) is 0 Å². The average molecular weight is 491 g/mol. The topological polar surface area (TPSA) is 35.5 Å². The van der Waals surface area contributed by atoms with Crippen molar-refractivity contribution in [1.82, 2.24) is 0 Å². The van der Waals surface area contributed by atoms with E-state index in [2.05, 4.69) is 12.2 Å². The Bertz CT molecular complexity index is 1220. The quantitative estimate of drug-likeness (QED) is 0.445. The molecule has 0 unspecified atom stereocenters. The second kappa shape index (κ2) is 7.79. The fourth-order valence-electron chi connectivity index (χ4n) is 5.75. The summed E-state index contributed by atoms with van der Waals surface area (Å²) >= 11 is 12.2. The van der Waals surface area contributed by atoms with E-state index >= 15 is 0 Å². The number of carbonyl (C=O) groups is 1. The van der Waals surface area contributed by atoms with Crippen LogP contribution in [0.4, 0.5) is 0 Å². The molecule has 2 aliphatic carbocycles. The molecule has 3 nitrogen and oxygen atoms in total. The van der Waals surface area contributed by atoms with Gasteiger partial charge in [0, 0.05) is 10.0 Å². The summed E-state index contributed by atoms with van der Waals surface area (Å²) in [6, 6.07) is 15.5.